The zero-order valence-corrected chi connectivity index (χ0v) is 12.4. The van der Waals surface area contributed by atoms with Gasteiger partial charge in [-0.2, -0.15) is 0 Å². The van der Waals surface area contributed by atoms with Gasteiger partial charge in [-0.25, -0.2) is 8.42 Å². The number of carbonyl (C=O) groups excluding carboxylic acids is 1. The van der Waals surface area contributed by atoms with E-state index in [-0.39, 0.29) is 12.5 Å². The van der Waals surface area contributed by atoms with Gasteiger partial charge in [-0.3, -0.25) is 14.5 Å². The van der Waals surface area contributed by atoms with Crippen LogP contribution in [0.4, 0.5) is 5.69 Å². The topological polar surface area (TPSA) is 97.4 Å². The molecule has 1 heterocycles. The number of hydrogen-bond acceptors (Lipinski definition) is 5. The summed E-state index contributed by atoms with van der Waals surface area (Å²) in [4.78, 5) is 15.4. The summed E-state index contributed by atoms with van der Waals surface area (Å²) in [5.41, 5.74) is 0.817. The van der Waals surface area contributed by atoms with Crippen molar-refractivity contribution in [2.24, 2.45) is 0 Å². The fourth-order valence-electron chi connectivity index (χ4n) is 1.77. The number of aromatic nitrogens is 1. The van der Waals surface area contributed by atoms with Crippen molar-refractivity contribution in [3.05, 3.63) is 30.5 Å². The molecule has 21 heavy (non-hydrogen) atoms. The van der Waals surface area contributed by atoms with Gasteiger partial charge in [-0.1, -0.05) is 0 Å². The van der Waals surface area contributed by atoms with Crippen LogP contribution in [0.15, 0.2) is 30.5 Å². The first-order valence-electron chi connectivity index (χ1n) is 6.09. The minimum atomic E-state index is -3.41. The number of hydrogen-bond donors (Lipinski definition) is 2. The molecule has 0 atom stereocenters. The maximum absolute atomic E-state index is 11.4. The van der Waals surface area contributed by atoms with Crippen molar-refractivity contribution in [1.29, 1.82) is 0 Å². The van der Waals surface area contributed by atoms with Crippen LogP contribution >= 0.6 is 0 Å². The monoisotopic (exact) mass is 309 g/mol. The Morgan fingerprint density at radius 2 is 2.10 bits per heavy atom. The highest BCUT2D eigenvalue weighted by molar-refractivity contribution is 7.92. The first-order valence-corrected chi connectivity index (χ1v) is 7.99. The summed E-state index contributed by atoms with van der Waals surface area (Å²) in [6, 6.07) is 6.60. The molecule has 0 aliphatic heterocycles. The first-order chi connectivity index (χ1) is 9.90. The molecule has 0 aliphatic rings. The lowest BCUT2D eigenvalue weighted by atomic mass is 10.2. The minimum absolute atomic E-state index is 0.126. The summed E-state index contributed by atoms with van der Waals surface area (Å²) < 4.78 is 30.6. The molecule has 2 rings (SSSR count). The van der Waals surface area contributed by atoms with E-state index in [4.69, 9.17) is 4.74 Å². The third-order valence-corrected chi connectivity index (χ3v) is 3.25. The lowest BCUT2D eigenvalue weighted by Gasteiger charge is -2.12. The molecule has 0 fully saturated rings. The van der Waals surface area contributed by atoms with Crippen molar-refractivity contribution in [2.45, 2.75) is 0 Å². The molecule has 8 heteroatoms. The Kier molecular flexibility index (Phi) is 4.27. The van der Waals surface area contributed by atoms with Gasteiger partial charge in [0.15, 0.2) is 6.61 Å². The molecule has 0 radical (unpaired) electrons. The number of benzene rings is 1. The molecule has 112 valence electrons. The number of nitrogens with zero attached hydrogens (tertiary/aromatic N) is 1. The van der Waals surface area contributed by atoms with E-state index in [0.717, 1.165) is 6.26 Å². The van der Waals surface area contributed by atoms with E-state index in [1.165, 1.54) is 7.05 Å². The van der Waals surface area contributed by atoms with Crippen LogP contribution < -0.4 is 14.8 Å². The molecule has 0 saturated carbocycles. The lowest BCUT2D eigenvalue weighted by molar-refractivity contribution is -0.122. The van der Waals surface area contributed by atoms with E-state index in [1.54, 1.807) is 30.5 Å². The highest BCUT2D eigenvalue weighted by Gasteiger charge is 2.11. The number of amides is 1. The molecule has 0 saturated heterocycles. The highest BCUT2D eigenvalue weighted by Crippen LogP contribution is 2.30. The zero-order chi connectivity index (χ0) is 15.5. The van der Waals surface area contributed by atoms with Crippen LogP contribution in [0.2, 0.25) is 0 Å². The van der Waals surface area contributed by atoms with E-state index in [0.29, 0.717) is 22.3 Å². The minimum Gasteiger partial charge on any atom is -0.483 e. The molecule has 0 spiro atoms. The van der Waals surface area contributed by atoms with E-state index in [2.05, 4.69) is 15.0 Å². The van der Waals surface area contributed by atoms with Crippen molar-refractivity contribution >= 4 is 32.5 Å². The second-order valence-corrected chi connectivity index (χ2v) is 6.10. The van der Waals surface area contributed by atoms with Crippen molar-refractivity contribution in [1.82, 2.24) is 10.3 Å². The van der Waals surface area contributed by atoms with Crippen molar-refractivity contribution < 1.29 is 17.9 Å². The number of ether oxygens (including phenoxy) is 1. The Bertz CT molecular complexity index is 774. The van der Waals surface area contributed by atoms with Gasteiger partial charge in [0.2, 0.25) is 10.0 Å². The average molecular weight is 309 g/mol. The second-order valence-electron chi connectivity index (χ2n) is 4.35. The first kappa shape index (κ1) is 15.0. The van der Waals surface area contributed by atoms with Crippen LogP contribution in [0.1, 0.15) is 0 Å². The lowest BCUT2D eigenvalue weighted by Crippen LogP contribution is -2.24. The van der Waals surface area contributed by atoms with Gasteiger partial charge in [-0.05, 0) is 24.3 Å². The second kappa shape index (κ2) is 5.96. The largest absolute Gasteiger partial charge is 0.483 e. The van der Waals surface area contributed by atoms with Crippen LogP contribution in [-0.2, 0) is 14.8 Å². The highest BCUT2D eigenvalue weighted by atomic mass is 32.2. The summed E-state index contributed by atoms with van der Waals surface area (Å²) in [5.74, 6) is 0.200. The fourth-order valence-corrected chi connectivity index (χ4v) is 2.33. The molecule has 1 aromatic carbocycles. The maximum Gasteiger partial charge on any atom is 0.257 e. The van der Waals surface area contributed by atoms with Crippen molar-refractivity contribution in [3.63, 3.8) is 0 Å². The third-order valence-electron chi connectivity index (χ3n) is 2.66. The van der Waals surface area contributed by atoms with E-state index >= 15 is 0 Å². The molecule has 2 aromatic rings. The smallest absolute Gasteiger partial charge is 0.257 e. The molecule has 0 unspecified atom stereocenters. The van der Waals surface area contributed by atoms with E-state index < -0.39 is 10.0 Å². The van der Waals surface area contributed by atoms with E-state index in [1.807, 2.05) is 0 Å². The maximum atomic E-state index is 11.4. The number of carbonyl (C=O) groups is 1. The number of pyridine rings is 1. The van der Waals surface area contributed by atoms with E-state index in [9.17, 15) is 13.2 Å². The van der Waals surface area contributed by atoms with Crippen LogP contribution in [0, 0.1) is 0 Å². The summed E-state index contributed by atoms with van der Waals surface area (Å²) >= 11 is 0. The van der Waals surface area contributed by atoms with Gasteiger partial charge in [-0.15, -0.1) is 0 Å². The number of likely N-dealkylation sites (N-methyl/N-ethyl adjacent to an activating group) is 1. The fraction of sp³-hybridized carbons (Fsp3) is 0.231. The molecule has 7 nitrogen and oxygen atoms in total. The summed E-state index contributed by atoms with van der Waals surface area (Å²) in [5, 5.41) is 3.07. The number of anilines is 1. The quantitative estimate of drug-likeness (QED) is 0.848. The summed E-state index contributed by atoms with van der Waals surface area (Å²) in [7, 11) is -1.89. The SMILES string of the molecule is CNC(=O)COc1ccc(NS(C)(=O)=O)c2ncccc12. The zero-order valence-electron chi connectivity index (χ0n) is 11.6. The van der Waals surface area contributed by atoms with Crippen LogP contribution in [0.3, 0.4) is 0 Å². The molecule has 1 aromatic heterocycles. The van der Waals surface area contributed by atoms with Gasteiger partial charge >= 0.3 is 0 Å². The van der Waals surface area contributed by atoms with Crippen molar-refractivity contribution in [2.75, 3.05) is 24.6 Å². The number of fused-ring (bicyclic) bond motifs is 1. The normalized spacial score (nSPS) is 11.1. The molecule has 0 bridgehead atoms. The number of rotatable bonds is 5. The van der Waals surface area contributed by atoms with Gasteiger partial charge in [0.25, 0.3) is 5.91 Å². The third kappa shape index (κ3) is 3.82. The Morgan fingerprint density at radius 1 is 1.33 bits per heavy atom. The van der Waals surface area contributed by atoms with Crippen molar-refractivity contribution in [3.8, 4) is 5.75 Å². The number of sulfonamides is 1. The summed E-state index contributed by atoms with van der Waals surface area (Å²) in [6.07, 6.45) is 2.62. The van der Waals surface area contributed by atoms with Gasteiger partial charge in [0, 0.05) is 18.6 Å². The van der Waals surface area contributed by atoms with Crippen LogP contribution in [0.25, 0.3) is 10.9 Å². The van der Waals surface area contributed by atoms with Gasteiger partial charge in [0.1, 0.15) is 5.75 Å². The molecular formula is C13H15N3O4S. The Balaban J connectivity index is 2.42. The predicted octanol–water partition coefficient (Wildman–Crippen LogP) is 0.731. The van der Waals surface area contributed by atoms with Gasteiger partial charge in [0.05, 0.1) is 17.5 Å². The Morgan fingerprint density at radius 3 is 2.76 bits per heavy atom. The molecular weight excluding hydrogens is 294 g/mol. The Labute approximate surface area is 122 Å². The standard InChI is InChI=1S/C13H15N3O4S/c1-14-12(17)8-20-11-6-5-10(16-21(2,18)19)13-9(11)4-3-7-15-13/h3-7,16H,8H2,1-2H3,(H,14,17). The van der Waals surface area contributed by atoms with Crippen LogP contribution in [-0.4, -0.2) is 39.2 Å². The molecule has 0 aliphatic carbocycles. The molecule has 2 N–H and O–H groups in total. The van der Waals surface area contributed by atoms with Gasteiger partial charge < -0.3 is 10.1 Å². The van der Waals surface area contributed by atoms with Crippen LogP contribution in [0.5, 0.6) is 5.75 Å². The average Bonchev–Trinajstić information content (AvgIpc) is 2.44. The summed E-state index contributed by atoms with van der Waals surface area (Å²) in [6.45, 7) is -0.126. The Hall–Kier alpha value is -2.35. The molecule has 1 amide bonds. The number of nitrogens with one attached hydrogen (secondary N) is 2. The predicted molar refractivity (Wildman–Crippen MR) is 79.8 cm³/mol.